The van der Waals surface area contributed by atoms with Crippen molar-refractivity contribution in [2.45, 2.75) is 18.7 Å². The molecule has 0 radical (unpaired) electrons. The summed E-state index contributed by atoms with van der Waals surface area (Å²) in [6.45, 7) is 4.50. The molecule has 0 aliphatic carbocycles. The molecule has 0 aliphatic heterocycles. The Balaban J connectivity index is 2.40. The molecule has 3 nitrogen and oxygen atoms in total. The van der Waals surface area contributed by atoms with Crippen molar-refractivity contribution in [3.05, 3.63) is 41.6 Å². The fraction of sp³-hybridized carbons (Fsp3) is 0.286. The Morgan fingerprint density at radius 1 is 1.44 bits per heavy atom. The van der Waals surface area contributed by atoms with Gasteiger partial charge < -0.3 is 5.32 Å². The van der Waals surface area contributed by atoms with Gasteiger partial charge in [0.25, 0.3) is 5.91 Å². The van der Waals surface area contributed by atoms with Crippen LogP contribution < -0.4 is 5.32 Å². The maximum absolute atomic E-state index is 12.2. The van der Waals surface area contributed by atoms with E-state index in [0.717, 1.165) is 16.6 Å². The molecule has 1 N–H and O–H groups in total. The lowest BCUT2D eigenvalue weighted by molar-refractivity contribution is 0.0956. The number of aromatic nitrogens is 1. The summed E-state index contributed by atoms with van der Waals surface area (Å²) in [6.07, 6.45) is 0. The number of hydrogen-bond acceptors (Lipinski definition) is 2. The van der Waals surface area contributed by atoms with Gasteiger partial charge in [-0.2, -0.15) is 0 Å². The van der Waals surface area contributed by atoms with Gasteiger partial charge in [0.2, 0.25) is 0 Å². The van der Waals surface area contributed by atoms with Crippen LogP contribution in [0.2, 0.25) is 0 Å². The number of aryl methyl sites for hydroxylation is 1. The van der Waals surface area contributed by atoms with Gasteiger partial charge in [-0.25, -0.2) is 0 Å². The molecule has 0 aliphatic rings. The van der Waals surface area contributed by atoms with Crippen LogP contribution in [0.25, 0.3) is 10.9 Å². The highest BCUT2D eigenvalue weighted by Gasteiger charge is 2.11. The van der Waals surface area contributed by atoms with Crippen LogP contribution in [0.15, 0.2) is 30.3 Å². The zero-order chi connectivity index (χ0) is 13.1. The molecule has 2 rings (SSSR count). The van der Waals surface area contributed by atoms with Gasteiger partial charge in [0.1, 0.15) is 0 Å². The first-order chi connectivity index (χ1) is 8.58. The van der Waals surface area contributed by atoms with Crippen LogP contribution in [0.5, 0.6) is 0 Å². The summed E-state index contributed by atoms with van der Waals surface area (Å²) in [7, 11) is 0. The number of alkyl halides is 1. The van der Waals surface area contributed by atoms with Gasteiger partial charge in [0.15, 0.2) is 0 Å². The highest BCUT2D eigenvalue weighted by molar-refractivity contribution is 9.09. The van der Waals surface area contributed by atoms with Crippen LogP contribution in [-0.2, 0) is 0 Å². The SMILES string of the molecule is Cc1cc(C(=O)NCC(C)Br)c2ccccc2n1. The summed E-state index contributed by atoms with van der Waals surface area (Å²) in [6, 6.07) is 9.53. The van der Waals surface area contributed by atoms with Gasteiger partial charge in [0, 0.05) is 22.5 Å². The first-order valence-electron chi connectivity index (χ1n) is 5.86. The lowest BCUT2D eigenvalue weighted by Crippen LogP contribution is -2.28. The second kappa shape index (κ2) is 5.48. The zero-order valence-corrected chi connectivity index (χ0v) is 12.0. The third-order valence-corrected chi connectivity index (χ3v) is 2.96. The molecule has 0 spiro atoms. The number of amides is 1. The summed E-state index contributed by atoms with van der Waals surface area (Å²) in [5, 5.41) is 3.80. The highest BCUT2D eigenvalue weighted by Crippen LogP contribution is 2.18. The van der Waals surface area contributed by atoms with E-state index in [1.807, 2.05) is 44.2 Å². The van der Waals surface area contributed by atoms with Crippen LogP contribution in [-0.4, -0.2) is 22.3 Å². The average molecular weight is 307 g/mol. The van der Waals surface area contributed by atoms with Gasteiger partial charge >= 0.3 is 0 Å². The van der Waals surface area contributed by atoms with E-state index in [-0.39, 0.29) is 10.7 Å². The Morgan fingerprint density at radius 2 is 2.17 bits per heavy atom. The maximum Gasteiger partial charge on any atom is 0.252 e. The largest absolute Gasteiger partial charge is 0.351 e. The minimum Gasteiger partial charge on any atom is -0.351 e. The first-order valence-corrected chi connectivity index (χ1v) is 6.78. The molecule has 0 saturated heterocycles. The molecule has 0 fully saturated rings. The fourth-order valence-electron chi connectivity index (χ4n) is 1.82. The maximum atomic E-state index is 12.2. The number of hydrogen-bond donors (Lipinski definition) is 1. The monoisotopic (exact) mass is 306 g/mol. The van der Waals surface area contributed by atoms with Crippen molar-refractivity contribution in [2.75, 3.05) is 6.54 Å². The predicted octanol–water partition coefficient (Wildman–Crippen LogP) is 3.06. The topological polar surface area (TPSA) is 42.0 Å². The van der Waals surface area contributed by atoms with Crippen molar-refractivity contribution in [3.63, 3.8) is 0 Å². The van der Waals surface area contributed by atoms with Crippen LogP contribution in [0.3, 0.4) is 0 Å². The number of fused-ring (bicyclic) bond motifs is 1. The zero-order valence-electron chi connectivity index (χ0n) is 10.4. The summed E-state index contributed by atoms with van der Waals surface area (Å²) in [5.74, 6) is -0.0528. The van der Waals surface area contributed by atoms with Crippen LogP contribution in [0.1, 0.15) is 23.0 Å². The quantitative estimate of drug-likeness (QED) is 0.886. The van der Waals surface area contributed by atoms with Crippen molar-refractivity contribution in [2.24, 2.45) is 0 Å². The molecule has 4 heteroatoms. The number of carbonyl (C=O) groups excluding carboxylic acids is 1. The molecule has 2 aromatic rings. The Morgan fingerprint density at radius 3 is 2.89 bits per heavy atom. The molecule has 1 amide bonds. The Bertz CT molecular complexity index is 581. The minimum atomic E-state index is -0.0528. The summed E-state index contributed by atoms with van der Waals surface area (Å²) < 4.78 is 0. The molecular weight excluding hydrogens is 292 g/mol. The standard InChI is InChI=1S/C14H15BrN2O/c1-9(15)8-16-14(18)12-7-10(2)17-13-6-4-3-5-11(12)13/h3-7,9H,8H2,1-2H3,(H,16,18). The number of carbonyl (C=O) groups is 1. The molecule has 1 unspecified atom stereocenters. The second-order valence-electron chi connectivity index (χ2n) is 4.32. The third kappa shape index (κ3) is 2.88. The van der Waals surface area contributed by atoms with E-state index < -0.39 is 0 Å². The molecule has 1 aromatic heterocycles. The van der Waals surface area contributed by atoms with E-state index >= 15 is 0 Å². The van der Waals surface area contributed by atoms with Crippen LogP contribution >= 0.6 is 15.9 Å². The van der Waals surface area contributed by atoms with E-state index in [2.05, 4.69) is 26.2 Å². The predicted molar refractivity (Wildman–Crippen MR) is 77.2 cm³/mol. The van der Waals surface area contributed by atoms with Crippen molar-refractivity contribution in [1.82, 2.24) is 10.3 Å². The number of halogens is 1. The van der Waals surface area contributed by atoms with E-state index in [1.165, 1.54) is 0 Å². The third-order valence-electron chi connectivity index (χ3n) is 2.63. The van der Waals surface area contributed by atoms with Gasteiger partial charge in [-0.05, 0) is 19.1 Å². The molecule has 1 heterocycles. The molecule has 94 valence electrons. The van der Waals surface area contributed by atoms with E-state index in [0.29, 0.717) is 12.1 Å². The smallest absolute Gasteiger partial charge is 0.252 e. The number of rotatable bonds is 3. The number of nitrogens with one attached hydrogen (secondary N) is 1. The molecule has 18 heavy (non-hydrogen) atoms. The lowest BCUT2D eigenvalue weighted by atomic mass is 10.1. The summed E-state index contributed by atoms with van der Waals surface area (Å²) in [4.78, 5) is 16.8. The Kier molecular flexibility index (Phi) is 3.97. The van der Waals surface area contributed by atoms with Crippen molar-refractivity contribution in [1.29, 1.82) is 0 Å². The summed E-state index contributed by atoms with van der Waals surface area (Å²) in [5.41, 5.74) is 2.39. The van der Waals surface area contributed by atoms with Crippen LogP contribution in [0.4, 0.5) is 0 Å². The average Bonchev–Trinajstić information content (AvgIpc) is 2.34. The van der Waals surface area contributed by atoms with Gasteiger partial charge in [-0.1, -0.05) is 41.1 Å². The van der Waals surface area contributed by atoms with Gasteiger partial charge in [0.05, 0.1) is 11.1 Å². The Labute approximate surface area is 115 Å². The van der Waals surface area contributed by atoms with E-state index in [4.69, 9.17) is 0 Å². The Hall–Kier alpha value is -1.42. The minimum absolute atomic E-state index is 0.0528. The van der Waals surface area contributed by atoms with Crippen molar-refractivity contribution in [3.8, 4) is 0 Å². The highest BCUT2D eigenvalue weighted by atomic mass is 79.9. The first kappa shape index (κ1) is 13.0. The van der Waals surface area contributed by atoms with Crippen molar-refractivity contribution < 1.29 is 4.79 Å². The fourth-order valence-corrected chi connectivity index (χ4v) is 1.99. The molecule has 1 aromatic carbocycles. The number of nitrogens with zero attached hydrogens (tertiary/aromatic N) is 1. The second-order valence-corrected chi connectivity index (χ2v) is 5.88. The van der Waals surface area contributed by atoms with Gasteiger partial charge in [-0.3, -0.25) is 9.78 Å². The van der Waals surface area contributed by atoms with Gasteiger partial charge in [-0.15, -0.1) is 0 Å². The van der Waals surface area contributed by atoms with E-state index in [9.17, 15) is 4.79 Å². The number of pyridine rings is 1. The number of benzene rings is 1. The van der Waals surface area contributed by atoms with E-state index in [1.54, 1.807) is 0 Å². The summed E-state index contributed by atoms with van der Waals surface area (Å²) >= 11 is 3.41. The lowest BCUT2D eigenvalue weighted by Gasteiger charge is -2.09. The normalized spacial score (nSPS) is 12.4. The molecule has 1 atom stereocenters. The molecular formula is C14H15BrN2O. The number of para-hydroxylation sites is 1. The van der Waals surface area contributed by atoms with Crippen molar-refractivity contribution >= 4 is 32.7 Å². The molecule has 0 saturated carbocycles. The van der Waals surface area contributed by atoms with Crippen LogP contribution in [0, 0.1) is 6.92 Å². The molecule has 0 bridgehead atoms.